The largest absolute Gasteiger partial charge is 0.344 e. The number of rotatable bonds is 3. The van der Waals surface area contributed by atoms with Crippen LogP contribution in [0.4, 0.5) is 8.78 Å². The van der Waals surface area contributed by atoms with E-state index in [-0.39, 0.29) is 5.02 Å². The Hall–Kier alpha value is -1.21. The van der Waals surface area contributed by atoms with Gasteiger partial charge in [-0.3, -0.25) is 14.9 Å². The van der Waals surface area contributed by atoms with Crippen molar-refractivity contribution in [1.82, 2.24) is 15.2 Å². The molecule has 0 fully saturated rings. The van der Waals surface area contributed by atoms with Gasteiger partial charge < -0.3 is 0 Å². The van der Waals surface area contributed by atoms with Crippen molar-refractivity contribution in [1.29, 1.82) is 0 Å². The summed E-state index contributed by atoms with van der Waals surface area (Å²) in [5, 5.41) is 3.72. The average Bonchev–Trinajstić information content (AvgIpc) is 2.48. The molecular formula is C6H7ClF2N4O. The van der Waals surface area contributed by atoms with Gasteiger partial charge in [0.1, 0.15) is 6.54 Å². The maximum absolute atomic E-state index is 12.9. The highest BCUT2D eigenvalue weighted by molar-refractivity contribution is 6.30. The summed E-state index contributed by atoms with van der Waals surface area (Å²) < 4.78 is 26.7. The molecule has 0 atom stereocenters. The van der Waals surface area contributed by atoms with Crippen LogP contribution in [0.5, 0.6) is 0 Å². The zero-order valence-electron chi connectivity index (χ0n) is 6.88. The topological polar surface area (TPSA) is 72.9 Å². The Morgan fingerprint density at radius 1 is 1.79 bits per heavy atom. The highest BCUT2D eigenvalue weighted by Crippen LogP contribution is 2.16. The Kier molecular flexibility index (Phi) is 3.02. The van der Waals surface area contributed by atoms with Gasteiger partial charge in [-0.1, -0.05) is 11.6 Å². The summed E-state index contributed by atoms with van der Waals surface area (Å²) in [5.41, 5.74) is 1.37. The number of alkyl halides is 2. The zero-order chi connectivity index (χ0) is 10.8. The van der Waals surface area contributed by atoms with E-state index in [9.17, 15) is 13.6 Å². The second kappa shape index (κ2) is 3.89. The van der Waals surface area contributed by atoms with Crippen LogP contribution in [0.1, 0.15) is 0 Å². The van der Waals surface area contributed by atoms with Crippen LogP contribution in [0.3, 0.4) is 0 Å². The number of carbonyl (C=O) groups excluding carboxylic acids is 1. The summed E-state index contributed by atoms with van der Waals surface area (Å²) in [5.74, 6) is -0.591. The zero-order valence-corrected chi connectivity index (χ0v) is 7.63. The van der Waals surface area contributed by atoms with Crippen molar-refractivity contribution in [3.8, 4) is 0 Å². The minimum atomic E-state index is -3.61. The van der Waals surface area contributed by atoms with Gasteiger partial charge in [-0.2, -0.15) is 13.9 Å². The predicted molar refractivity (Wildman–Crippen MR) is 44.5 cm³/mol. The molecule has 5 nitrogen and oxygen atoms in total. The van der Waals surface area contributed by atoms with Crippen LogP contribution in [0, 0.1) is 0 Å². The normalized spacial score (nSPS) is 11.4. The Morgan fingerprint density at radius 3 is 2.86 bits per heavy atom. The van der Waals surface area contributed by atoms with Crippen molar-refractivity contribution < 1.29 is 13.6 Å². The lowest BCUT2D eigenvalue weighted by Gasteiger charge is -2.13. The molecule has 0 aliphatic heterocycles. The van der Waals surface area contributed by atoms with E-state index >= 15 is 0 Å². The molecule has 1 aromatic heterocycles. The van der Waals surface area contributed by atoms with Crippen molar-refractivity contribution in [2.24, 2.45) is 5.84 Å². The number of nitrogens with two attached hydrogens (primary N) is 1. The molecule has 0 bridgehead atoms. The smallest absolute Gasteiger partial charge is 0.289 e. The lowest BCUT2D eigenvalue weighted by Crippen LogP contribution is -2.46. The molecule has 1 rings (SSSR count). The van der Waals surface area contributed by atoms with E-state index in [0.717, 1.165) is 4.68 Å². The van der Waals surface area contributed by atoms with Crippen LogP contribution in [0.25, 0.3) is 0 Å². The number of aromatic nitrogens is 2. The van der Waals surface area contributed by atoms with Gasteiger partial charge in [0.25, 0.3) is 0 Å². The fourth-order valence-corrected chi connectivity index (χ4v) is 0.962. The standard InChI is InChI=1S/C6H7ClF2N4O/c7-4-1-11-13(2-4)3-6(8,9)5(14)12-10/h1-2H,3,10H2,(H,12,14). The van der Waals surface area contributed by atoms with E-state index in [4.69, 9.17) is 11.6 Å². The molecule has 14 heavy (non-hydrogen) atoms. The van der Waals surface area contributed by atoms with Crippen LogP contribution in [-0.2, 0) is 11.3 Å². The average molecular weight is 225 g/mol. The minimum Gasteiger partial charge on any atom is -0.289 e. The number of nitrogens with zero attached hydrogens (tertiary/aromatic N) is 2. The van der Waals surface area contributed by atoms with Crippen LogP contribution >= 0.6 is 11.6 Å². The van der Waals surface area contributed by atoms with Gasteiger partial charge in [0.05, 0.1) is 11.2 Å². The van der Waals surface area contributed by atoms with E-state index in [1.807, 2.05) is 0 Å². The number of hydrogen-bond donors (Lipinski definition) is 2. The summed E-state index contributed by atoms with van der Waals surface area (Å²) >= 11 is 5.45. The highest BCUT2D eigenvalue weighted by Gasteiger charge is 2.39. The molecular weight excluding hydrogens is 218 g/mol. The van der Waals surface area contributed by atoms with Gasteiger partial charge in [0.15, 0.2) is 0 Å². The van der Waals surface area contributed by atoms with Gasteiger partial charge in [0.2, 0.25) is 0 Å². The Labute approximate surface area is 82.8 Å². The van der Waals surface area contributed by atoms with E-state index in [1.165, 1.54) is 17.8 Å². The van der Waals surface area contributed by atoms with Crippen LogP contribution in [0.15, 0.2) is 12.4 Å². The molecule has 8 heteroatoms. The number of carbonyl (C=O) groups is 1. The molecule has 0 saturated heterocycles. The molecule has 0 aliphatic carbocycles. The second-order valence-corrected chi connectivity index (χ2v) is 2.97. The van der Waals surface area contributed by atoms with E-state index < -0.39 is 18.4 Å². The molecule has 1 heterocycles. The molecule has 0 spiro atoms. The van der Waals surface area contributed by atoms with Crippen molar-refractivity contribution >= 4 is 17.5 Å². The molecule has 0 radical (unpaired) electrons. The molecule has 3 N–H and O–H groups in total. The van der Waals surface area contributed by atoms with Gasteiger partial charge in [-0.05, 0) is 0 Å². The number of halogens is 3. The van der Waals surface area contributed by atoms with Gasteiger partial charge >= 0.3 is 11.8 Å². The first-order valence-electron chi connectivity index (χ1n) is 3.52. The fraction of sp³-hybridized carbons (Fsp3) is 0.333. The van der Waals surface area contributed by atoms with Crippen LogP contribution in [0.2, 0.25) is 5.02 Å². The van der Waals surface area contributed by atoms with Gasteiger partial charge in [0, 0.05) is 6.20 Å². The van der Waals surface area contributed by atoms with Gasteiger partial charge in [-0.25, -0.2) is 5.84 Å². The highest BCUT2D eigenvalue weighted by atomic mass is 35.5. The monoisotopic (exact) mass is 224 g/mol. The van der Waals surface area contributed by atoms with Crippen molar-refractivity contribution in [2.75, 3.05) is 0 Å². The van der Waals surface area contributed by atoms with E-state index in [2.05, 4.69) is 10.9 Å². The summed E-state index contributed by atoms with van der Waals surface area (Å²) in [6.45, 7) is -0.900. The molecule has 1 aromatic rings. The number of hydrazine groups is 1. The third kappa shape index (κ3) is 2.39. The first-order valence-corrected chi connectivity index (χ1v) is 3.90. The summed E-state index contributed by atoms with van der Waals surface area (Å²) in [7, 11) is 0. The molecule has 1 amide bonds. The number of amides is 1. The summed E-state index contributed by atoms with van der Waals surface area (Å²) in [6.07, 6.45) is 2.37. The molecule has 0 aromatic carbocycles. The lowest BCUT2D eigenvalue weighted by atomic mass is 10.3. The third-order valence-corrected chi connectivity index (χ3v) is 1.62. The quantitative estimate of drug-likeness (QED) is 0.437. The van der Waals surface area contributed by atoms with Gasteiger partial charge in [-0.15, -0.1) is 0 Å². The SMILES string of the molecule is NNC(=O)C(F)(F)Cn1cc(Cl)cn1. The van der Waals surface area contributed by atoms with E-state index in [0.29, 0.717) is 0 Å². The third-order valence-electron chi connectivity index (χ3n) is 1.43. The summed E-state index contributed by atoms with van der Waals surface area (Å²) in [6, 6.07) is 0. The van der Waals surface area contributed by atoms with Crippen molar-refractivity contribution in [3.05, 3.63) is 17.4 Å². The Morgan fingerprint density at radius 2 is 2.43 bits per heavy atom. The fourth-order valence-electron chi connectivity index (χ4n) is 0.806. The molecule has 0 aliphatic rings. The minimum absolute atomic E-state index is 0.217. The first-order chi connectivity index (χ1) is 6.45. The summed E-state index contributed by atoms with van der Waals surface area (Å²) in [4.78, 5) is 10.6. The maximum Gasteiger partial charge on any atom is 0.344 e. The molecule has 0 unspecified atom stereocenters. The first kappa shape index (κ1) is 10.9. The molecule has 0 saturated carbocycles. The lowest BCUT2D eigenvalue weighted by molar-refractivity contribution is -0.147. The second-order valence-electron chi connectivity index (χ2n) is 2.53. The van der Waals surface area contributed by atoms with E-state index in [1.54, 1.807) is 0 Å². The van der Waals surface area contributed by atoms with Crippen molar-refractivity contribution in [2.45, 2.75) is 12.5 Å². The Bertz CT molecular complexity index is 340. The Balaban J connectivity index is 2.72. The maximum atomic E-state index is 12.9. The van der Waals surface area contributed by atoms with Crippen LogP contribution < -0.4 is 11.3 Å². The predicted octanol–water partition coefficient (Wildman–Crippen LogP) is 0.162. The van der Waals surface area contributed by atoms with Crippen molar-refractivity contribution in [3.63, 3.8) is 0 Å². The van der Waals surface area contributed by atoms with Crippen LogP contribution in [-0.4, -0.2) is 21.6 Å². The number of nitrogens with one attached hydrogen (secondary N) is 1. The number of hydrogen-bond acceptors (Lipinski definition) is 3. The molecule has 78 valence electrons.